The predicted molar refractivity (Wildman–Crippen MR) is 183 cm³/mol. The lowest BCUT2D eigenvalue weighted by Gasteiger charge is -2.55. The molecular formula is C38H36F4N6O4. The molecule has 0 aliphatic carbocycles. The number of anilines is 1. The third-order valence-electron chi connectivity index (χ3n) is 9.83. The molecule has 0 bridgehead atoms. The molecule has 3 aromatic carbocycles. The van der Waals surface area contributed by atoms with Crippen molar-refractivity contribution in [3.05, 3.63) is 125 Å². The van der Waals surface area contributed by atoms with Crippen molar-refractivity contribution in [3.8, 4) is 5.69 Å². The summed E-state index contributed by atoms with van der Waals surface area (Å²) in [4.78, 5) is 45.0. The quantitative estimate of drug-likeness (QED) is 0.177. The summed E-state index contributed by atoms with van der Waals surface area (Å²) in [6.45, 7) is 8.33. The number of ether oxygens (including phenoxy) is 1. The van der Waals surface area contributed by atoms with Gasteiger partial charge in [0.05, 0.1) is 35.7 Å². The number of likely N-dealkylation sites (N-methyl/N-ethyl adjacent to an activating group) is 1. The Kier molecular flexibility index (Phi) is 9.21. The van der Waals surface area contributed by atoms with E-state index in [1.165, 1.54) is 35.2 Å². The Bertz CT molecular complexity index is 2020. The van der Waals surface area contributed by atoms with E-state index in [-0.39, 0.29) is 24.3 Å². The van der Waals surface area contributed by atoms with Gasteiger partial charge in [-0.2, -0.15) is 18.3 Å². The fourth-order valence-corrected chi connectivity index (χ4v) is 7.20. The number of hydrogen-bond acceptors (Lipinski definition) is 6. The lowest BCUT2D eigenvalue weighted by molar-refractivity contribution is -0.219. The average molecular weight is 717 g/mol. The Morgan fingerprint density at radius 1 is 1.04 bits per heavy atom. The van der Waals surface area contributed by atoms with Gasteiger partial charge in [-0.3, -0.25) is 24.2 Å². The molecule has 0 saturated carbocycles. The summed E-state index contributed by atoms with van der Waals surface area (Å²) >= 11 is 0. The van der Waals surface area contributed by atoms with Gasteiger partial charge in [0, 0.05) is 55.2 Å². The molecule has 4 heterocycles. The first-order valence-corrected chi connectivity index (χ1v) is 16.9. The van der Waals surface area contributed by atoms with E-state index in [0.717, 1.165) is 44.3 Å². The van der Waals surface area contributed by atoms with E-state index < -0.39 is 47.2 Å². The molecule has 7 rings (SSSR count). The second-order valence-corrected chi connectivity index (χ2v) is 13.3. The van der Waals surface area contributed by atoms with Gasteiger partial charge in [-0.1, -0.05) is 43.0 Å². The van der Waals surface area contributed by atoms with Crippen LogP contribution < -0.4 is 15.5 Å². The Labute approximate surface area is 297 Å². The lowest BCUT2D eigenvalue weighted by atomic mass is 9.80. The van der Waals surface area contributed by atoms with Crippen LogP contribution >= 0.6 is 0 Å². The van der Waals surface area contributed by atoms with Crippen molar-refractivity contribution in [1.29, 1.82) is 0 Å². The van der Waals surface area contributed by atoms with Gasteiger partial charge in [0.15, 0.2) is 0 Å². The van der Waals surface area contributed by atoms with Gasteiger partial charge in [0.1, 0.15) is 17.7 Å². The van der Waals surface area contributed by atoms with Crippen LogP contribution in [0.15, 0.2) is 91.0 Å². The summed E-state index contributed by atoms with van der Waals surface area (Å²) in [5.74, 6) is -2.98. The Morgan fingerprint density at radius 3 is 2.38 bits per heavy atom. The van der Waals surface area contributed by atoms with Gasteiger partial charge in [-0.15, -0.1) is 0 Å². The molecule has 14 heteroatoms. The number of para-hydroxylation sites is 1. The minimum Gasteiger partial charge on any atom is -0.372 e. The van der Waals surface area contributed by atoms with Crippen molar-refractivity contribution in [1.82, 2.24) is 25.3 Å². The normalized spacial score (nSPS) is 19.4. The topological polar surface area (TPSA) is 109 Å². The number of amides is 3. The van der Waals surface area contributed by atoms with E-state index in [1.54, 1.807) is 35.9 Å². The monoisotopic (exact) mass is 716 g/mol. The van der Waals surface area contributed by atoms with Gasteiger partial charge in [-0.05, 0) is 55.0 Å². The third kappa shape index (κ3) is 6.59. The standard InChI is InChI=1S/C38H36F4N6O4/c1-3-47-35-31(29(45-48(35)28-10-5-4-6-11-28)19-43-33(49)23(2)20-46-21-37(22-46)16-17-52-37)30(24-12-14-27(39)15-13-24)32(36(47)51)44-34(50)25-8-7-9-26(18-25)38(40,41)42/h4-15,18,30,32H,2-3,16-17,19-22H2,1H3,(H,43,49)(H,44,50)/t30-,32-/m0/s1. The zero-order valence-electron chi connectivity index (χ0n) is 28.3. The number of hydrogen-bond donors (Lipinski definition) is 2. The Balaban J connectivity index is 1.27. The van der Waals surface area contributed by atoms with E-state index in [2.05, 4.69) is 22.1 Å². The minimum atomic E-state index is -4.69. The highest BCUT2D eigenvalue weighted by molar-refractivity contribution is 6.05. The van der Waals surface area contributed by atoms with Crippen molar-refractivity contribution in [2.24, 2.45) is 0 Å². The summed E-state index contributed by atoms with van der Waals surface area (Å²) in [7, 11) is 0. The second-order valence-electron chi connectivity index (χ2n) is 13.3. The number of benzene rings is 3. The second kappa shape index (κ2) is 13.7. The van der Waals surface area contributed by atoms with Crippen molar-refractivity contribution >= 4 is 23.5 Å². The lowest BCUT2D eigenvalue weighted by Crippen LogP contribution is -2.68. The van der Waals surface area contributed by atoms with Crippen molar-refractivity contribution < 1.29 is 36.7 Å². The molecule has 0 unspecified atom stereocenters. The number of carbonyl (C=O) groups is 3. The Morgan fingerprint density at radius 2 is 1.75 bits per heavy atom. The number of nitrogens with zero attached hydrogens (tertiary/aromatic N) is 4. The summed E-state index contributed by atoms with van der Waals surface area (Å²) in [6, 6.07) is 17.0. The van der Waals surface area contributed by atoms with Crippen LogP contribution in [-0.2, 0) is 27.0 Å². The predicted octanol–water partition coefficient (Wildman–Crippen LogP) is 4.97. The largest absolute Gasteiger partial charge is 0.416 e. The number of alkyl halides is 3. The van der Waals surface area contributed by atoms with Crippen molar-refractivity contribution in [3.63, 3.8) is 0 Å². The molecule has 2 saturated heterocycles. The molecule has 0 radical (unpaired) electrons. The van der Waals surface area contributed by atoms with Crippen molar-refractivity contribution in [2.75, 3.05) is 37.7 Å². The molecule has 270 valence electrons. The van der Waals surface area contributed by atoms with Crippen LogP contribution in [0.25, 0.3) is 5.69 Å². The van der Waals surface area contributed by atoms with Crippen LogP contribution in [0.3, 0.4) is 0 Å². The number of carbonyl (C=O) groups excluding carboxylic acids is 3. The molecule has 1 aromatic heterocycles. The van der Waals surface area contributed by atoms with Crippen LogP contribution in [0, 0.1) is 5.82 Å². The highest BCUT2D eigenvalue weighted by Gasteiger charge is 2.49. The number of aromatic nitrogens is 2. The third-order valence-corrected chi connectivity index (χ3v) is 9.83. The maximum absolute atomic E-state index is 14.4. The smallest absolute Gasteiger partial charge is 0.372 e. The fourth-order valence-electron chi connectivity index (χ4n) is 7.20. The zero-order chi connectivity index (χ0) is 36.8. The summed E-state index contributed by atoms with van der Waals surface area (Å²) in [5, 5.41) is 10.5. The maximum atomic E-state index is 14.4. The summed E-state index contributed by atoms with van der Waals surface area (Å²) in [5.41, 5.74) is 0.821. The van der Waals surface area contributed by atoms with Gasteiger partial charge in [0.2, 0.25) is 5.91 Å². The van der Waals surface area contributed by atoms with Crippen LogP contribution in [-0.4, -0.2) is 76.8 Å². The minimum absolute atomic E-state index is 0.0925. The molecule has 2 fully saturated rings. The number of likely N-dealkylation sites (tertiary alicyclic amines) is 1. The van der Waals surface area contributed by atoms with Crippen LogP contribution in [0.4, 0.5) is 23.4 Å². The molecule has 2 N–H and O–H groups in total. The van der Waals surface area contributed by atoms with E-state index in [4.69, 9.17) is 9.84 Å². The van der Waals surface area contributed by atoms with E-state index in [9.17, 15) is 31.9 Å². The summed E-state index contributed by atoms with van der Waals surface area (Å²) in [6.07, 6.45) is -3.70. The fraction of sp³-hybridized carbons (Fsp3) is 0.316. The number of halogens is 4. The number of rotatable bonds is 10. The SMILES string of the molecule is C=C(CN1CC2(CCO2)C1)C(=O)NCc1nn(-c2ccccc2)c2c1[C@H](c1ccc(F)cc1)[C@H](NC(=O)c1cccc(C(F)(F)F)c1)C(=O)N2CC. The number of fused-ring (bicyclic) bond motifs is 1. The first-order chi connectivity index (χ1) is 24.9. The first-order valence-electron chi connectivity index (χ1n) is 16.9. The summed E-state index contributed by atoms with van der Waals surface area (Å²) < 4.78 is 62.2. The molecule has 3 amide bonds. The molecule has 4 aromatic rings. The van der Waals surface area contributed by atoms with Crippen LogP contribution in [0.5, 0.6) is 0 Å². The van der Waals surface area contributed by atoms with Crippen molar-refractivity contribution in [2.45, 2.75) is 43.6 Å². The molecule has 10 nitrogen and oxygen atoms in total. The first kappa shape index (κ1) is 35.1. The molecular weight excluding hydrogens is 680 g/mol. The maximum Gasteiger partial charge on any atom is 0.416 e. The van der Waals surface area contributed by atoms with Crippen LogP contribution in [0.2, 0.25) is 0 Å². The van der Waals surface area contributed by atoms with Gasteiger partial charge >= 0.3 is 6.18 Å². The highest BCUT2D eigenvalue weighted by atomic mass is 19.4. The highest BCUT2D eigenvalue weighted by Crippen LogP contribution is 2.44. The van der Waals surface area contributed by atoms with Gasteiger partial charge < -0.3 is 15.4 Å². The van der Waals surface area contributed by atoms with E-state index in [0.29, 0.717) is 40.4 Å². The van der Waals surface area contributed by atoms with Gasteiger partial charge in [-0.25, -0.2) is 9.07 Å². The Hall–Kier alpha value is -5.34. The molecule has 1 spiro atoms. The van der Waals surface area contributed by atoms with E-state index >= 15 is 0 Å². The number of nitrogens with one attached hydrogen (secondary N) is 2. The average Bonchev–Trinajstić information content (AvgIpc) is 3.47. The zero-order valence-corrected chi connectivity index (χ0v) is 28.3. The van der Waals surface area contributed by atoms with E-state index in [1.807, 2.05) is 6.07 Å². The van der Waals surface area contributed by atoms with Crippen LogP contribution in [0.1, 0.15) is 52.0 Å². The molecule has 52 heavy (non-hydrogen) atoms. The van der Waals surface area contributed by atoms with Gasteiger partial charge in [0.25, 0.3) is 11.8 Å². The molecule has 2 atom stereocenters. The molecule has 3 aliphatic heterocycles. The molecule has 3 aliphatic rings.